The standard InChI is InChI=1S/C17H15NS/c1-12-6-9-16(18)17(10-12)19-15-8-7-13-4-2-3-5-14(13)11-15/h2-11H,18H2,1H3. The molecule has 0 radical (unpaired) electrons. The summed E-state index contributed by atoms with van der Waals surface area (Å²) < 4.78 is 0. The summed E-state index contributed by atoms with van der Waals surface area (Å²) in [6.07, 6.45) is 0. The van der Waals surface area contributed by atoms with Gasteiger partial charge in [0.15, 0.2) is 0 Å². The molecule has 0 aromatic heterocycles. The van der Waals surface area contributed by atoms with Gasteiger partial charge in [-0.1, -0.05) is 48.2 Å². The van der Waals surface area contributed by atoms with Crippen LogP contribution in [0.1, 0.15) is 5.56 Å². The third-order valence-electron chi connectivity index (χ3n) is 3.12. The summed E-state index contributed by atoms with van der Waals surface area (Å²) in [4.78, 5) is 2.34. The van der Waals surface area contributed by atoms with Crippen LogP contribution >= 0.6 is 11.8 Å². The van der Waals surface area contributed by atoms with Crippen LogP contribution < -0.4 is 5.73 Å². The van der Waals surface area contributed by atoms with Crippen molar-refractivity contribution in [1.82, 2.24) is 0 Å². The summed E-state index contributed by atoms with van der Waals surface area (Å²) in [5.74, 6) is 0. The highest BCUT2D eigenvalue weighted by Gasteiger charge is 2.03. The van der Waals surface area contributed by atoms with Crippen LogP contribution in [0.2, 0.25) is 0 Å². The van der Waals surface area contributed by atoms with Crippen molar-refractivity contribution in [3.05, 3.63) is 66.2 Å². The Morgan fingerprint density at radius 1 is 0.842 bits per heavy atom. The van der Waals surface area contributed by atoms with Crippen LogP contribution in [0.15, 0.2) is 70.5 Å². The average molecular weight is 265 g/mol. The zero-order chi connectivity index (χ0) is 13.2. The lowest BCUT2D eigenvalue weighted by Crippen LogP contribution is -1.88. The second-order valence-corrected chi connectivity index (χ2v) is 5.77. The van der Waals surface area contributed by atoms with Crippen molar-refractivity contribution in [3.63, 3.8) is 0 Å². The zero-order valence-corrected chi connectivity index (χ0v) is 11.6. The molecule has 2 heteroatoms. The molecule has 3 aromatic rings. The first-order valence-corrected chi connectivity index (χ1v) is 7.07. The first kappa shape index (κ1) is 12.1. The number of fused-ring (bicyclic) bond motifs is 1. The first-order chi connectivity index (χ1) is 9.22. The second kappa shape index (κ2) is 4.98. The number of nitrogen functional groups attached to an aromatic ring is 1. The van der Waals surface area contributed by atoms with E-state index in [2.05, 4.69) is 55.5 Å². The Bertz CT molecular complexity index is 734. The summed E-state index contributed by atoms with van der Waals surface area (Å²) in [6.45, 7) is 2.09. The van der Waals surface area contributed by atoms with Gasteiger partial charge in [-0.15, -0.1) is 0 Å². The fourth-order valence-electron chi connectivity index (χ4n) is 2.09. The SMILES string of the molecule is Cc1ccc(N)c(Sc2ccc3ccccc3c2)c1. The van der Waals surface area contributed by atoms with Gasteiger partial charge in [0, 0.05) is 15.5 Å². The lowest BCUT2D eigenvalue weighted by Gasteiger charge is -2.07. The molecular weight excluding hydrogens is 250 g/mol. The topological polar surface area (TPSA) is 26.0 Å². The Balaban J connectivity index is 1.98. The molecule has 0 aliphatic rings. The maximum absolute atomic E-state index is 6.03. The molecule has 0 heterocycles. The highest BCUT2D eigenvalue weighted by atomic mass is 32.2. The van der Waals surface area contributed by atoms with E-state index in [0.717, 1.165) is 10.6 Å². The Hall–Kier alpha value is -1.93. The van der Waals surface area contributed by atoms with Gasteiger partial charge in [-0.2, -0.15) is 0 Å². The maximum atomic E-state index is 6.03. The molecule has 19 heavy (non-hydrogen) atoms. The molecule has 0 fully saturated rings. The molecule has 94 valence electrons. The monoisotopic (exact) mass is 265 g/mol. The molecule has 0 saturated carbocycles. The van der Waals surface area contributed by atoms with Crippen LogP contribution in [0.4, 0.5) is 5.69 Å². The molecule has 0 aliphatic heterocycles. The van der Waals surface area contributed by atoms with E-state index in [1.807, 2.05) is 12.1 Å². The zero-order valence-electron chi connectivity index (χ0n) is 10.8. The molecule has 2 N–H and O–H groups in total. The van der Waals surface area contributed by atoms with Crippen molar-refractivity contribution < 1.29 is 0 Å². The largest absolute Gasteiger partial charge is 0.398 e. The first-order valence-electron chi connectivity index (χ1n) is 6.25. The van der Waals surface area contributed by atoms with Crippen molar-refractivity contribution in [1.29, 1.82) is 0 Å². The number of aryl methyl sites for hydroxylation is 1. The van der Waals surface area contributed by atoms with E-state index < -0.39 is 0 Å². The van der Waals surface area contributed by atoms with E-state index in [0.29, 0.717) is 0 Å². The molecule has 1 nitrogen and oxygen atoms in total. The highest BCUT2D eigenvalue weighted by Crippen LogP contribution is 2.34. The van der Waals surface area contributed by atoms with E-state index in [-0.39, 0.29) is 0 Å². The number of hydrogen-bond acceptors (Lipinski definition) is 2. The van der Waals surface area contributed by atoms with E-state index in [1.165, 1.54) is 21.2 Å². The minimum Gasteiger partial charge on any atom is -0.398 e. The highest BCUT2D eigenvalue weighted by molar-refractivity contribution is 7.99. The van der Waals surface area contributed by atoms with Crippen molar-refractivity contribution in [2.24, 2.45) is 0 Å². The minimum absolute atomic E-state index is 0.837. The molecule has 0 saturated heterocycles. The maximum Gasteiger partial charge on any atom is 0.0456 e. The Morgan fingerprint density at radius 2 is 1.63 bits per heavy atom. The van der Waals surface area contributed by atoms with Gasteiger partial charge >= 0.3 is 0 Å². The van der Waals surface area contributed by atoms with Crippen LogP contribution in [0, 0.1) is 6.92 Å². The lowest BCUT2D eigenvalue weighted by molar-refractivity contribution is 1.35. The van der Waals surface area contributed by atoms with Gasteiger partial charge < -0.3 is 5.73 Å². The Morgan fingerprint density at radius 3 is 2.47 bits per heavy atom. The van der Waals surface area contributed by atoms with E-state index in [1.54, 1.807) is 11.8 Å². The predicted octanol–water partition coefficient (Wildman–Crippen LogP) is 4.88. The molecule has 0 unspecified atom stereocenters. The molecular formula is C17H15NS. The van der Waals surface area contributed by atoms with Crippen LogP contribution in [-0.4, -0.2) is 0 Å². The minimum atomic E-state index is 0.837. The van der Waals surface area contributed by atoms with Crippen LogP contribution in [0.3, 0.4) is 0 Å². The number of hydrogen-bond donors (Lipinski definition) is 1. The summed E-state index contributed by atoms with van der Waals surface area (Å²) in [7, 11) is 0. The summed E-state index contributed by atoms with van der Waals surface area (Å²) in [6, 6.07) is 21.1. The van der Waals surface area contributed by atoms with Crippen molar-refractivity contribution in [2.75, 3.05) is 5.73 Å². The van der Waals surface area contributed by atoms with Crippen molar-refractivity contribution in [2.45, 2.75) is 16.7 Å². The molecule has 0 spiro atoms. The number of nitrogens with two attached hydrogens (primary N) is 1. The smallest absolute Gasteiger partial charge is 0.0456 e. The quantitative estimate of drug-likeness (QED) is 0.668. The number of rotatable bonds is 2. The van der Waals surface area contributed by atoms with E-state index in [4.69, 9.17) is 5.73 Å². The fourth-order valence-corrected chi connectivity index (χ4v) is 3.09. The third kappa shape index (κ3) is 2.59. The van der Waals surface area contributed by atoms with Crippen LogP contribution in [-0.2, 0) is 0 Å². The number of anilines is 1. The third-order valence-corrected chi connectivity index (χ3v) is 4.18. The molecule has 3 aromatic carbocycles. The van der Waals surface area contributed by atoms with Crippen LogP contribution in [0.25, 0.3) is 10.8 Å². The van der Waals surface area contributed by atoms with Gasteiger partial charge in [0.1, 0.15) is 0 Å². The van der Waals surface area contributed by atoms with Gasteiger partial charge in [-0.25, -0.2) is 0 Å². The summed E-state index contributed by atoms with van der Waals surface area (Å²) in [5.41, 5.74) is 8.10. The molecule has 0 aliphatic carbocycles. The molecule has 0 amide bonds. The van der Waals surface area contributed by atoms with Crippen molar-refractivity contribution in [3.8, 4) is 0 Å². The average Bonchev–Trinajstić information content (AvgIpc) is 2.43. The Labute approximate surface area is 117 Å². The summed E-state index contributed by atoms with van der Waals surface area (Å²) in [5, 5.41) is 2.53. The predicted molar refractivity (Wildman–Crippen MR) is 83.7 cm³/mol. The van der Waals surface area contributed by atoms with Crippen molar-refractivity contribution >= 4 is 28.2 Å². The number of benzene rings is 3. The van der Waals surface area contributed by atoms with Gasteiger partial charge in [0.25, 0.3) is 0 Å². The normalized spacial score (nSPS) is 10.8. The van der Waals surface area contributed by atoms with E-state index >= 15 is 0 Å². The lowest BCUT2D eigenvalue weighted by atomic mass is 10.1. The van der Waals surface area contributed by atoms with Gasteiger partial charge in [-0.05, 0) is 47.5 Å². The Kier molecular flexibility index (Phi) is 3.18. The molecule has 3 rings (SSSR count). The van der Waals surface area contributed by atoms with Crippen LogP contribution in [0.5, 0.6) is 0 Å². The van der Waals surface area contributed by atoms with Gasteiger partial charge in [0.2, 0.25) is 0 Å². The fraction of sp³-hybridized carbons (Fsp3) is 0.0588. The molecule has 0 atom stereocenters. The molecule has 0 bridgehead atoms. The second-order valence-electron chi connectivity index (χ2n) is 4.65. The van der Waals surface area contributed by atoms with E-state index in [9.17, 15) is 0 Å². The van der Waals surface area contributed by atoms with Gasteiger partial charge in [-0.3, -0.25) is 0 Å². The summed E-state index contributed by atoms with van der Waals surface area (Å²) >= 11 is 1.72. The van der Waals surface area contributed by atoms with Gasteiger partial charge in [0.05, 0.1) is 0 Å².